The first-order valence-corrected chi connectivity index (χ1v) is 10.2. The van der Waals surface area contributed by atoms with Crippen LogP contribution in [0.15, 0.2) is 35.9 Å². The zero-order valence-corrected chi connectivity index (χ0v) is 17.0. The minimum Gasteiger partial charge on any atom is -0.434 e. The Hall–Kier alpha value is -2.83. The van der Waals surface area contributed by atoms with Crippen LogP contribution in [0.2, 0.25) is 0 Å². The van der Waals surface area contributed by atoms with E-state index in [0.717, 1.165) is 18.4 Å². The number of piperidine rings is 1. The average Bonchev–Trinajstić information content (AvgIpc) is 3.54. The summed E-state index contributed by atoms with van der Waals surface area (Å²) >= 11 is 0. The Morgan fingerprint density at radius 2 is 1.76 bits per heavy atom. The standard InChI is InChI=1S/C22H28N2O5/c1-3-28-22(27)29-19-8-6-17(7-9-19)21(26)24-12-10-18(11-13-24)23-20(25)14-15(2)16-4-5-16/h6-9,14,16,18H,3-5,10-13H2,1-2H3,(H,23,25)/b15-14+. The molecule has 3 rings (SSSR count). The van der Waals surface area contributed by atoms with Crippen molar-refractivity contribution < 1.29 is 23.9 Å². The number of allylic oxidation sites excluding steroid dienone is 1. The zero-order valence-electron chi connectivity index (χ0n) is 17.0. The van der Waals surface area contributed by atoms with E-state index in [1.165, 1.54) is 12.8 Å². The van der Waals surface area contributed by atoms with Crippen molar-refractivity contribution in [2.45, 2.75) is 45.6 Å². The molecule has 1 heterocycles. The van der Waals surface area contributed by atoms with Crippen LogP contribution >= 0.6 is 0 Å². The summed E-state index contributed by atoms with van der Waals surface area (Å²) < 4.78 is 9.72. The first-order chi connectivity index (χ1) is 14.0. The minimum absolute atomic E-state index is 0.0311. The summed E-state index contributed by atoms with van der Waals surface area (Å²) in [6.45, 7) is 5.14. The number of amides is 2. The molecule has 1 saturated carbocycles. The summed E-state index contributed by atoms with van der Waals surface area (Å²) in [5.41, 5.74) is 1.69. The SMILES string of the molecule is CCOC(=O)Oc1ccc(C(=O)N2CCC(NC(=O)/C=C(\C)C3CC3)CC2)cc1. The van der Waals surface area contributed by atoms with Gasteiger partial charge in [0.05, 0.1) is 6.61 Å². The third kappa shape index (κ3) is 6.07. The van der Waals surface area contributed by atoms with Crippen molar-refractivity contribution in [3.8, 4) is 5.75 Å². The minimum atomic E-state index is -0.766. The topological polar surface area (TPSA) is 84.9 Å². The fraction of sp³-hybridized carbons (Fsp3) is 0.500. The van der Waals surface area contributed by atoms with Crippen LogP contribution in [0.4, 0.5) is 4.79 Å². The molecule has 0 spiro atoms. The highest BCUT2D eigenvalue weighted by Gasteiger charge is 2.26. The molecule has 7 heteroatoms. The van der Waals surface area contributed by atoms with Crippen LogP contribution in [0.5, 0.6) is 5.75 Å². The van der Waals surface area contributed by atoms with E-state index < -0.39 is 6.16 Å². The third-order valence-corrected chi connectivity index (χ3v) is 5.27. The molecule has 156 valence electrons. The van der Waals surface area contributed by atoms with Crippen molar-refractivity contribution in [3.05, 3.63) is 41.5 Å². The van der Waals surface area contributed by atoms with Gasteiger partial charge in [-0.15, -0.1) is 0 Å². The smallest absolute Gasteiger partial charge is 0.434 e. The van der Waals surface area contributed by atoms with Gasteiger partial charge >= 0.3 is 6.16 Å². The number of rotatable bonds is 6. The van der Waals surface area contributed by atoms with Gasteiger partial charge in [-0.05, 0) is 69.7 Å². The summed E-state index contributed by atoms with van der Waals surface area (Å²) in [5, 5.41) is 3.05. The molecule has 1 aliphatic heterocycles. The summed E-state index contributed by atoms with van der Waals surface area (Å²) in [4.78, 5) is 37.9. The lowest BCUT2D eigenvalue weighted by Crippen LogP contribution is -2.46. The van der Waals surface area contributed by atoms with E-state index >= 15 is 0 Å². The van der Waals surface area contributed by atoms with Gasteiger partial charge in [-0.3, -0.25) is 9.59 Å². The van der Waals surface area contributed by atoms with E-state index in [2.05, 4.69) is 5.32 Å². The average molecular weight is 400 g/mol. The Morgan fingerprint density at radius 3 is 2.34 bits per heavy atom. The van der Waals surface area contributed by atoms with E-state index in [4.69, 9.17) is 9.47 Å². The Bertz CT molecular complexity index is 775. The molecule has 1 aromatic carbocycles. The molecular formula is C22H28N2O5. The van der Waals surface area contributed by atoms with Crippen LogP contribution in [0.3, 0.4) is 0 Å². The number of carbonyl (C=O) groups is 3. The Balaban J connectivity index is 1.46. The normalized spacial score (nSPS) is 17.6. The number of nitrogens with one attached hydrogen (secondary N) is 1. The fourth-order valence-electron chi connectivity index (χ4n) is 3.42. The van der Waals surface area contributed by atoms with Gasteiger partial charge < -0.3 is 19.7 Å². The van der Waals surface area contributed by atoms with Crippen molar-refractivity contribution in [3.63, 3.8) is 0 Å². The number of carbonyl (C=O) groups excluding carboxylic acids is 3. The van der Waals surface area contributed by atoms with Crippen LogP contribution in [0.25, 0.3) is 0 Å². The number of nitrogens with zero attached hydrogens (tertiary/aromatic N) is 1. The van der Waals surface area contributed by atoms with E-state index in [-0.39, 0.29) is 24.5 Å². The van der Waals surface area contributed by atoms with Gasteiger partial charge in [0, 0.05) is 30.8 Å². The molecule has 1 N–H and O–H groups in total. The Kier molecular flexibility index (Phi) is 6.90. The highest BCUT2D eigenvalue weighted by atomic mass is 16.7. The van der Waals surface area contributed by atoms with Crippen molar-refractivity contribution in [2.75, 3.05) is 19.7 Å². The van der Waals surface area contributed by atoms with Gasteiger partial charge in [0.15, 0.2) is 0 Å². The highest BCUT2D eigenvalue weighted by Crippen LogP contribution is 2.35. The third-order valence-electron chi connectivity index (χ3n) is 5.27. The first-order valence-electron chi connectivity index (χ1n) is 10.2. The number of likely N-dealkylation sites (tertiary alicyclic amines) is 1. The van der Waals surface area contributed by atoms with Gasteiger partial charge in [-0.1, -0.05) is 5.57 Å². The summed E-state index contributed by atoms with van der Waals surface area (Å²) in [5.74, 6) is 0.823. The summed E-state index contributed by atoms with van der Waals surface area (Å²) in [6, 6.07) is 6.51. The molecule has 0 bridgehead atoms. The lowest BCUT2D eigenvalue weighted by molar-refractivity contribution is -0.117. The Morgan fingerprint density at radius 1 is 1.10 bits per heavy atom. The molecular weight excluding hydrogens is 372 g/mol. The maximum atomic E-state index is 12.7. The van der Waals surface area contributed by atoms with E-state index in [1.807, 2.05) is 6.92 Å². The monoisotopic (exact) mass is 400 g/mol. The van der Waals surface area contributed by atoms with E-state index in [0.29, 0.717) is 30.3 Å². The number of hydrogen-bond donors (Lipinski definition) is 1. The first kappa shape index (κ1) is 20.9. The predicted molar refractivity (Wildman–Crippen MR) is 108 cm³/mol. The molecule has 29 heavy (non-hydrogen) atoms. The summed E-state index contributed by atoms with van der Waals surface area (Å²) in [6.07, 6.45) is 4.79. The molecule has 0 atom stereocenters. The lowest BCUT2D eigenvalue weighted by atomic mass is 10.0. The second-order valence-electron chi connectivity index (χ2n) is 7.55. The van der Waals surface area contributed by atoms with Crippen LogP contribution in [0.1, 0.15) is 49.9 Å². The molecule has 2 aliphatic rings. The molecule has 2 fully saturated rings. The second kappa shape index (κ2) is 9.58. The highest BCUT2D eigenvalue weighted by molar-refractivity contribution is 5.94. The van der Waals surface area contributed by atoms with Crippen LogP contribution in [-0.4, -0.2) is 48.6 Å². The van der Waals surface area contributed by atoms with Crippen molar-refractivity contribution in [1.29, 1.82) is 0 Å². The van der Waals surface area contributed by atoms with Crippen LogP contribution < -0.4 is 10.1 Å². The van der Waals surface area contributed by atoms with E-state index in [9.17, 15) is 14.4 Å². The molecule has 1 aromatic rings. The van der Waals surface area contributed by atoms with Crippen LogP contribution in [0, 0.1) is 5.92 Å². The van der Waals surface area contributed by atoms with Gasteiger partial charge in [0.25, 0.3) is 5.91 Å². The maximum Gasteiger partial charge on any atom is 0.513 e. The molecule has 1 saturated heterocycles. The maximum absolute atomic E-state index is 12.7. The van der Waals surface area contributed by atoms with Crippen LogP contribution in [-0.2, 0) is 9.53 Å². The molecule has 1 aliphatic carbocycles. The zero-order chi connectivity index (χ0) is 20.8. The molecule has 0 unspecified atom stereocenters. The fourth-order valence-corrected chi connectivity index (χ4v) is 3.42. The van der Waals surface area contributed by atoms with Crippen molar-refractivity contribution >= 4 is 18.0 Å². The quantitative estimate of drug-likeness (QED) is 0.450. The largest absolute Gasteiger partial charge is 0.513 e. The lowest BCUT2D eigenvalue weighted by Gasteiger charge is -2.32. The molecule has 7 nitrogen and oxygen atoms in total. The van der Waals surface area contributed by atoms with Crippen molar-refractivity contribution in [1.82, 2.24) is 10.2 Å². The van der Waals surface area contributed by atoms with Gasteiger partial charge in [0.1, 0.15) is 5.75 Å². The van der Waals surface area contributed by atoms with Crippen molar-refractivity contribution in [2.24, 2.45) is 5.92 Å². The van der Waals surface area contributed by atoms with Gasteiger partial charge in [0.2, 0.25) is 5.91 Å². The number of benzene rings is 1. The van der Waals surface area contributed by atoms with E-state index in [1.54, 1.807) is 42.2 Å². The second-order valence-corrected chi connectivity index (χ2v) is 7.55. The number of ether oxygens (including phenoxy) is 2. The van der Waals surface area contributed by atoms with Gasteiger partial charge in [-0.2, -0.15) is 0 Å². The molecule has 0 aromatic heterocycles. The predicted octanol–water partition coefficient (Wildman–Crippen LogP) is 3.30. The number of hydrogen-bond acceptors (Lipinski definition) is 5. The molecule has 2 amide bonds. The Labute approximate surface area is 171 Å². The summed E-state index contributed by atoms with van der Waals surface area (Å²) in [7, 11) is 0. The molecule has 0 radical (unpaired) electrons. The van der Waals surface area contributed by atoms with Gasteiger partial charge in [-0.25, -0.2) is 4.79 Å².